The predicted molar refractivity (Wildman–Crippen MR) is 85.7 cm³/mol. The van der Waals surface area contributed by atoms with Crippen molar-refractivity contribution >= 4 is 11.6 Å². The van der Waals surface area contributed by atoms with E-state index in [-0.39, 0.29) is 12.1 Å². The molecule has 0 aliphatic heterocycles. The van der Waals surface area contributed by atoms with Crippen molar-refractivity contribution in [3.63, 3.8) is 0 Å². The Hall–Kier alpha value is -0.650. The van der Waals surface area contributed by atoms with Gasteiger partial charge in [-0.15, -0.1) is 0 Å². The molecule has 0 aromatic heterocycles. The first-order valence-electron chi connectivity index (χ1n) is 7.38. The number of ether oxygens (including phenoxy) is 3. The summed E-state index contributed by atoms with van der Waals surface area (Å²) in [6.07, 6.45) is 1.57. The first-order chi connectivity index (χ1) is 10.2. The third kappa shape index (κ3) is 7.25. The van der Waals surface area contributed by atoms with Crippen molar-refractivity contribution in [3.8, 4) is 0 Å². The van der Waals surface area contributed by atoms with Gasteiger partial charge in [-0.2, -0.15) is 0 Å². The van der Waals surface area contributed by atoms with Crippen LogP contribution in [0.4, 0.5) is 0 Å². The lowest BCUT2D eigenvalue weighted by atomic mass is 10.0. The lowest BCUT2D eigenvalue weighted by Gasteiger charge is -2.24. The summed E-state index contributed by atoms with van der Waals surface area (Å²) < 4.78 is 16.4. The average Bonchev–Trinajstić information content (AvgIpc) is 2.49. The van der Waals surface area contributed by atoms with Gasteiger partial charge < -0.3 is 19.9 Å². The maximum Gasteiger partial charge on any atom is 0.0977 e. The largest absolute Gasteiger partial charge is 0.385 e. The minimum Gasteiger partial charge on any atom is -0.385 e. The molecule has 0 aliphatic rings. The van der Waals surface area contributed by atoms with Crippen LogP contribution in [0.25, 0.3) is 0 Å². The first-order valence-corrected chi connectivity index (χ1v) is 7.76. The number of hydrogen-bond donors (Lipinski definition) is 1. The minimum absolute atomic E-state index is 0.0584. The molecular formula is C16H26ClNO3. The molecule has 1 aromatic rings. The first kappa shape index (κ1) is 18.4. The predicted octanol–water partition coefficient (Wildman–Crippen LogP) is 3.19. The number of methoxy groups -OCH3 is 1. The molecule has 0 spiro atoms. The molecule has 0 saturated carbocycles. The summed E-state index contributed by atoms with van der Waals surface area (Å²) >= 11 is 6.04. The highest BCUT2D eigenvalue weighted by atomic mass is 35.5. The second kappa shape index (κ2) is 11.0. The third-order valence-electron chi connectivity index (χ3n) is 3.20. The molecule has 0 heterocycles. The quantitative estimate of drug-likeness (QED) is 0.637. The summed E-state index contributed by atoms with van der Waals surface area (Å²) in [5.41, 5.74) is 7.16. The van der Waals surface area contributed by atoms with Gasteiger partial charge >= 0.3 is 0 Å². The molecule has 0 fully saturated rings. The summed E-state index contributed by atoms with van der Waals surface area (Å²) in [6.45, 7) is 4.51. The lowest BCUT2D eigenvalue weighted by Crippen LogP contribution is -2.30. The maximum absolute atomic E-state index is 6.15. The Balaban J connectivity index is 2.41. The number of hydrogen-bond acceptors (Lipinski definition) is 4. The van der Waals surface area contributed by atoms with Gasteiger partial charge in [-0.1, -0.05) is 30.7 Å². The van der Waals surface area contributed by atoms with Crippen LogP contribution in [0, 0.1) is 0 Å². The molecular weight excluding hydrogens is 290 g/mol. The SMILES string of the molecule is CCC(N)C(OCCOCCCOC)c1cccc(Cl)c1. The number of rotatable bonds is 11. The van der Waals surface area contributed by atoms with Crippen molar-refractivity contribution in [2.24, 2.45) is 5.73 Å². The summed E-state index contributed by atoms with van der Waals surface area (Å²) in [4.78, 5) is 0. The van der Waals surface area contributed by atoms with Gasteiger partial charge in [0.2, 0.25) is 0 Å². The fourth-order valence-electron chi connectivity index (χ4n) is 2.01. The van der Waals surface area contributed by atoms with Gasteiger partial charge in [0.1, 0.15) is 0 Å². The molecule has 0 amide bonds. The second-order valence-electron chi connectivity index (χ2n) is 4.88. The molecule has 21 heavy (non-hydrogen) atoms. The van der Waals surface area contributed by atoms with Crippen molar-refractivity contribution in [2.75, 3.05) is 33.5 Å². The van der Waals surface area contributed by atoms with E-state index in [0.717, 1.165) is 18.4 Å². The molecule has 4 nitrogen and oxygen atoms in total. The zero-order chi connectivity index (χ0) is 15.5. The number of nitrogens with two attached hydrogens (primary N) is 1. The molecule has 0 saturated heterocycles. The van der Waals surface area contributed by atoms with Gasteiger partial charge in [0.25, 0.3) is 0 Å². The third-order valence-corrected chi connectivity index (χ3v) is 3.43. The molecule has 5 heteroatoms. The lowest BCUT2D eigenvalue weighted by molar-refractivity contribution is -0.0104. The van der Waals surface area contributed by atoms with E-state index in [1.807, 2.05) is 31.2 Å². The Labute approximate surface area is 132 Å². The van der Waals surface area contributed by atoms with Crippen molar-refractivity contribution in [1.29, 1.82) is 0 Å². The fraction of sp³-hybridized carbons (Fsp3) is 0.625. The van der Waals surface area contributed by atoms with Crippen LogP contribution in [0.3, 0.4) is 0 Å². The van der Waals surface area contributed by atoms with Crippen LogP contribution < -0.4 is 5.73 Å². The van der Waals surface area contributed by atoms with E-state index < -0.39 is 0 Å². The van der Waals surface area contributed by atoms with E-state index in [9.17, 15) is 0 Å². The van der Waals surface area contributed by atoms with Crippen LogP contribution >= 0.6 is 11.6 Å². The van der Waals surface area contributed by atoms with Gasteiger partial charge in [0.05, 0.1) is 19.3 Å². The topological polar surface area (TPSA) is 53.7 Å². The highest BCUT2D eigenvalue weighted by molar-refractivity contribution is 6.30. The fourth-order valence-corrected chi connectivity index (χ4v) is 2.20. The second-order valence-corrected chi connectivity index (χ2v) is 5.31. The van der Waals surface area contributed by atoms with E-state index in [4.69, 9.17) is 31.5 Å². The average molecular weight is 316 g/mol. The van der Waals surface area contributed by atoms with Crippen LogP contribution in [-0.4, -0.2) is 39.6 Å². The zero-order valence-electron chi connectivity index (χ0n) is 12.9. The normalized spacial score (nSPS) is 14.1. The van der Waals surface area contributed by atoms with Gasteiger partial charge in [0, 0.05) is 31.4 Å². The molecule has 120 valence electrons. The van der Waals surface area contributed by atoms with Gasteiger partial charge in [-0.3, -0.25) is 0 Å². The maximum atomic E-state index is 6.15. The van der Waals surface area contributed by atoms with E-state index in [1.54, 1.807) is 7.11 Å². The minimum atomic E-state index is -0.156. The standard InChI is InChI=1S/C16H26ClNO3/c1-3-15(18)16(13-6-4-7-14(17)12-13)21-11-10-20-9-5-8-19-2/h4,6-7,12,15-16H,3,5,8-11,18H2,1-2H3. The molecule has 1 aromatic carbocycles. The van der Waals surface area contributed by atoms with Crippen LogP contribution in [0.2, 0.25) is 5.02 Å². The summed E-state index contributed by atoms with van der Waals surface area (Å²) in [5, 5.41) is 0.695. The van der Waals surface area contributed by atoms with E-state index >= 15 is 0 Å². The summed E-state index contributed by atoms with van der Waals surface area (Å²) in [6, 6.07) is 7.60. The molecule has 2 N–H and O–H groups in total. The summed E-state index contributed by atoms with van der Waals surface area (Å²) in [5.74, 6) is 0. The highest BCUT2D eigenvalue weighted by Gasteiger charge is 2.19. The smallest absolute Gasteiger partial charge is 0.0977 e. The Kier molecular flexibility index (Phi) is 9.63. The molecule has 0 bridgehead atoms. The number of halogens is 1. The van der Waals surface area contributed by atoms with Crippen molar-refractivity contribution in [1.82, 2.24) is 0 Å². The molecule has 1 rings (SSSR count). The van der Waals surface area contributed by atoms with Crippen LogP contribution in [-0.2, 0) is 14.2 Å². The van der Waals surface area contributed by atoms with Gasteiger partial charge in [0.15, 0.2) is 0 Å². The Bertz CT molecular complexity index is 390. The van der Waals surface area contributed by atoms with Crippen LogP contribution in [0.15, 0.2) is 24.3 Å². The Morgan fingerprint density at radius 1 is 1.19 bits per heavy atom. The highest BCUT2D eigenvalue weighted by Crippen LogP contribution is 2.24. The van der Waals surface area contributed by atoms with Gasteiger partial charge in [-0.25, -0.2) is 0 Å². The number of benzene rings is 1. The zero-order valence-corrected chi connectivity index (χ0v) is 13.6. The summed E-state index contributed by atoms with van der Waals surface area (Å²) in [7, 11) is 1.69. The Morgan fingerprint density at radius 3 is 2.67 bits per heavy atom. The van der Waals surface area contributed by atoms with Crippen molar-refractivity contribution < 1.29 is 14.2 Å². The van der Waals surface area contributed by atoms with E-state index in [2.05, 4.69) is 0 Å². The van der Waals surface area contributed by atoms with Crippen LogP contribution in [0.1, 0.15) is 31.4 Å². The van der Waals surface area contributed by atoms with Crippen molar-refractivity contribution in [3.05, 3.63) is 34.9 Å². The monoisotopic (exact) mass is 315 g/mol. The Morgan fingerprint density at radius 2 is 2.00 bits per heavy atom. The molecule has 0 aliphatic carbocycles. The molecule has 2 unspecified atom stereocenters. The van der Waals surface area contributed by atoms with Gasteiger partial charge in [-0.05, 0) is 30.5 Å². The molecule has 2 atom stereocenters. The molecule has 0 radical (unpaired) electrons. The van der Waals surface area contributed by atoms with E-state index in [1.165, 1.54) is 0 Å². The van der Waals surface area contributed by atoms with Crippen molar-refractivity contribution in [2.45, 2.75) is 31.9 Å². The van der Waals surface area contributed by atoms with Crippen LogP contribution in [0.5, 0.6) is 0 Å². The van der Waals surface area contributed by atoms with E-state index in [0.29, 0.717) is 31.5 Å².